The summed E-state index contributed by atoms with van der Waals surface area (Å²) in [5, 5.41) is 7.93. The maximum absolute atomic E-state index is 10.3. The Morgan fingerprint density at radius 2 is 2.00 bits per heavy atom. The van der Waals surface area contributed by atoms with Crippen molar-refractivity contribution >= 4 is 11.8 Å². The Hall–Kier alpha value is -1.30. The summed E-state index contributed by atoms with van der Waals surface area (Å²) < 4.78 is 0. The molecule has 0 bridgehead atoms. The number of hydrogen-bond donors (Lipinski definition) is 1. The highest BCUT2D eigenvalue weighted by Crippen LogP contribution is 1.74. The van der Waals surface area contributed by atoms with E-state index >= 15 is 0 Å². The van der Waals surface area contributed by atoms with Crippen LogP contribution in [0.1, 0.15) is 13.3 Å². The van der Waals surface area contributed by atoms with Crippen LogP contribution < -0.4 is 0 Å². The SMILES string of the molecule is CCC(=O)C#CC(=O)O. The molecule has 1 N–H and O–H groups in total. The van der Waals surface area contributed by atoms with Gasteiger partial charge in [-0.15, -0.1) is 0 Å². The number of Topliss-reactive ketones (excluding diaryl/α,β-unsaturated/α-hetero) is 1. The molecule has 0 spiro atoms. The summed E-state index contributed by atoms with van der Waals surface area (Å²) in [7, 11) is 0. The molecule has 0 fully saturated rings. The molecule has 0 heterocycles. The minimum absolute atomic E-state index is 0.264. The molecule has 3 heteroatoms. The average molecular weight is 126 g/mol. The van der Waals surface area contributed by atoms with Gasteiger partial charge in [0.1, 0.15) is 0 Å². The van der Waals surface area contributed by atoms with Crippen LogP contribution in [-0.4, -0.2) is 16.9 Å². The second-order valence-electron chi connectivity index (χ2n) is 1.33. The van der Waals surface area contributed by atoms with E-state index in [0.717, 1.165) is 0 Å². The first-order valence-corrected chi connectivity index (χ1v) is 2.44. The van der Waals surface area contributed by atoms with E-state index in [4.69, 9.17) is 5.11 Å². The zero-order chi connectivity index (χ0) is 7.28. The predicted molar refractivity (Wildman–Crippen MR) is 30.7 cm³/mol. The van der Waals surface area contributed by atoms with Crippen LogP contribution in [0.4, 0.5) is 0 Å². The fourth-order valence-corrected chi connectivity index (χ4v) is 0.212. The van der Waals surface area contributed by atoms with E-state index in [2.05, 4.69) is 0 Å². The molecule has 0 aliphatic heterocycles. The highest BCUT2D eigenvalue weighted by Gasteiger charge is 1.89. The number of aliphatic carboxylic acids is 1. The van der Waals surface area contributed by atoms with Gasteiger partial charge in [0.25, 0.3) is 0 Å². The molecule has 0 saturated carbocycles. The van der Waals surface area contributed by atoms with Crippen molar-refractivity contribution < 1.29 is 14.7 Å². The first-order chi connectivity index (χ1) is 4.16. The van der Waals surface area contributed by atoms with Gasteiger partial charge in [-0.25, -0.2) is 4.79 Å². The third-order valence-corrected chi connectivity index (χ3v) is 0.630. The first kappa shape index (κ1) is 7.70. The Morgan fingerprint density at radius 3 is 2.33 bits per heavy atom. The maximum atomic E-state index is 10.3. The lowest BCUT2D eigenvalue weighted by atomic mass is 10.3. The van der Waals surface area contributed by atoms with Crippen LogP contribution in [0.5, 0.6) is 0 Å². The van der Waals surface area contributed by atoms with E-state index in [1.54, 1.807) is 12.8 Å². The van der Waals surface area contributed by atoms with Crippen molar-refractivity contribution in [2.24, 2.45) is 0 Å². The third kappa shape index (κ3) is 4.56. The second kappa shape index (κ2) is 3.67. The highest BCUT2D eigenvalue weighted by molar-refractivity contribution is 6.01. The van der Waals surface area contributed by atoms with Crippen molar-refractivity contribution in [3.05, 3.63) is 0 Å². The summed E-state index contributed by atoms with van der Waals surface area (Å²) in [5.41, 5.74) is 0. The molecular weight excluding hydrogens is 120 g/mol. The molecular formula is C6H6O3. The molecule has 0 aliphatic carbocycles. The molecule has 0 atom stereocenters. The van der Waals surface area contributed by atoms with Crippen LogP contribution in [0.3, 0.4) is 0 Å². The topological polar surface area (TPSA) is 54.4 Å². The standard InChI is InChI=1S/C6H6O3/c1-2-5(7)3-4-6(8)9/h2H2,1H3,(H,8,9). The van der Waals surface area contributed by atoms with E-state index in [1.807, 2.05) is 5.92 Å². The minimum Gasteiger partial charge on any atom is -0.472 e. The molecule has 48 valence electrons. The summed E-state index contributed by atoms with van der Waals surface area (Å²) in [6, 6.07) is 0. The Bertz CT molecular complexity index is 182. The van der Waals surface area contributed by atoms with Gasteiger partial charge in [-0.05, 0) is 5.92 Å². The Labute approximate surface area is 52.7 Å². The summed E-state index contributed by atoms with van der Waals surface area (Å²) in [6.07, 6.45) is 0.264. The Balaban J connectivity index is 3.88. The van der Waals surface area contributed by atoms with E-state index in [0.29, 0.717) is 0 Å². The summed E-state index contributed by atoms with van der Waals surface area (Å²) in [6.45, 7) is 1.62. The number of carboxylic acid groups (broad SMARTS) is 1. The van der Waals surface area contributed by atoms with Crippen LogP contribution in [0.25, 0.3) is 0 Å². The molecule has 0 radical (unpaired) electrons. The van der Waals surface area contributed by atoms with Crippen LogP contribution in [0.2, 0.25) is 0 Å². The fourth-order valence-electron chi connectivity index (χ4n) is 0.212. The summed E-state index contributed by atoms with van der Waals surface area (Å²) >= 11 is 0. The van der Waals surface area contributed by atoms with E-state index in [-0.39, 0.29) is 12.2 Å². The second-order valence-corrected chi connectivity index (χ2v) is 1.33. The van der Waals surface area contributed by atoms with Crippen molar-refractivity contribution in [2.45, 2.75) is 13.3 Å². The van der Waals surface area contributed by atoms with Crippen molar-refractivity contribution in [3.63, 3.8) is 0 Å². The molecule has 0 amide bonds. The van der Waals surface area contributed by atoms with E-state index < -0.39 is 5.97 Å². The summed E-state index contributed by atoms with van der Waals surface area (Å²) in [4.78, 5) is 20.0. The van der Waals surface area contributed by atoms with Gasteiger partial charge in [0.2, 0.25) is 5.78 Å². The smallest absolute Gasteiger partial charge is 0.382 e. The van der Waals surface area contributed by atoms with Crippen LogP contribution in [0, 0.1) is 11.8 Å². The highest BCUT2D eigenvalue weighted by atomic mass is 16.4. The van der Waals surface area contributed by atoms with Gasteiger partial charge in [0.15, 0.2) is 0 Å². The van der Waals surface area contributed by atoms with E-state index in [1.165, 1.54) is 0 Å². The molecule has 0 rings (SSSR count). The molecule has 0 aromatic heterocycles. The van der Waals surface area contributed by atoms with Crippen molar-refractivity contribution in [2.75, 3.05) is 0 Å². The van der Waals surface area contributed by atoms with Gasteiger partial charge in [-0.1, -0.05) is 6.92 Å². The average Bonchev–Trinajstić information content (AvgIpc) is 1.83. The molecule has 9 heavy (non-hydrogen) atoms. The maximum Gasteiger partial charge on any atom is 0.382 e. The molecule has 0 saturated heterocycles. The first-order valence-electron chi connectivity index (χ1n) is 2.44. The van der Waals surface area contributed by atoms with Crippen LogP contribution in [0.15, 0.2) is 0 Å². The predicted octanol–water partition coefficient (Wildman–Crippen LogP) is 0.0535. The Morgan fingerprint density at radius 1 is 1.44 bits per heavy atom. The van der Waals surface area contributed by atoms with Gasteiger partial charge in [-0.3, -0.25) is 4.79 Å². The number of carboxylic acids is 1. The number of carbonyl (C=O) groups is 2. The number of rotatable bonds is 1. The lowest BCUT2D eigenvalue weighted by Gasteiger charge is -1.75. The van der Waals surface area contributed by atoms with Gasteiger partial charge in [-0.2, -0.15) is 0 Å². The molecule has 0 unspecified atom stereocenters. The van der Waals surface area contributed by atoms with Gasteiger partial charge in [0.05, 0.1) is 0 Å². The largest absolute Gasteiger partial charge is 0.472 e. The van der Waals surface area contributed by atoms with Gasteiger partial charge >= 0.3 is 5.97 Å². The van der Waals surface area contributed by atoms with Crippen LogP contribution in [-0.2, 0) is 9.59 Å². The normalized spacial score (nSPS) is 7.22. The van der Waals surface area contributed by atoms with E-state index in [9.17, 15) is 9.59 Å². The van der Waals surface area contributed by atoms with Gasteiger partial charge < -0.3 is 5.11 Å². The van der Waals surface area contributed by atoms with Gasteiger partial charge in [0, 0.05) is 12.3 Å². The zero-order valence-corrected chi connectivity index (χ0v) is 4.97. The zero-order valence-electron chi connectivity index (χ0n) is 4.97. The number of ketones is 1. The molecule has 0 aromatic rings. The van der Waals surface area contributed by atoms with Crippen molar-refractivity contribution in [1.29, 1.82) is 0 Å². The Kier molecular flexibility index (Phi) is 3.14. The fraction of sp³-hybridized carbons (Fsp3) is 0.333. The van der Waals surface area contributed by atoms with Crippen molar-refractivity contribution in [1.82, 2.24) is 0 Å². The quantitative estimate of drug-likeness (QED) is 0.399. The lowest BCUT2D eigenvalue weighted by molar-refractivity contribution is -0.130. The third-order valence-electron chi connectivity index (χ3n) is 0.630. The monoisotopic (exact) mass is 126 g/mol. The van der Waals surface area contributed by atoms with Crippen molar-refractivity contribution in [3.8, 4) is 11.8 Å². The minimum atomic E-state index is -1.27. The summed E-state index contributed by atoms with van der Waals surface area (Å²) in [5.74, 6) is 2.04. The number of carbonyl (C=O) groups excluding carboxylic acids is 1. The molecule has 3 nitrogen and oxygen atoms in total. The lowest BCUT2D eigenvalue weighted by Crippen LogP contribution is -1.92. The van der Waals surface area contributed by atoms with Crippen LogP contribution >= 0.6 is 0 Å². The molecule has 0 aromatic carbocycles. The molecule has 0 aliphatic rings. The number of hydrogen-bond acceptors (Lipinski definition) is 2.